The van der Waals surface area contributed by atoms with Crippen molar-refractivity contribution in [3.63, 3.8) is 0 Å². The predicted octanol–water partition coefficient (Wildman–Crippen LogP) is 8.59. The number of rotatable bonds is 13. The number of carbonyl (C=O) groups excluding carboxylic acids is 3. The molecule has 2 aromatic carbocycles. The summed E-state index contributed by atoms with van der Waals surface area (Å²) in [7, 11) is 0. The standard InChI is InChI=1S/C51H57ClN10O4S2/c1-29-23-40(48(64)56-31(3)36-12-14-38(15-13-36)45-32(4)53-28-67-45)61(25-29)49(65)46(51(7,8)9)57-42(63)27-66-22-10-21-60-26-35(24-54-60)11-20-41-30(2)43-44(37-16-18-39(52)19-17-37)55-33(5)47-59-58-34(6)62(47)50(43)68-41/h12-19,24,26,28-29,31,33,40,46H,10,21-23,25,27H2,1-9H3,(H,56,64)(H,57,63)/t29?,31?,33-,40?,46?/m0/s1. The molecule has 17 heteroatoms. The van der Waals surface area contributed by atoms with Crippen molar-refractivity contribution in [2.45, 2.75) is 106 Å². The Balaban J connectivity index is 0.841. The van der Waals surface area contributed by atoms with Crippen LogP contribution in [0, 0.1) is 43.9 Å². The van der Waals surface area contributed by atoms with E-state index in [1.54, 1.807) is 33.8 Å². The third-order valence-electron chi connectivity index (χ3n) is 12.4. The van der Waals surface area contributed by atoms with Gasteiger partial charge in [0.05, 0.1) is 44.5 Å². The van der Waals surface area contributed by atoms with Gasteiger partial charge in [-0.15, -0.1) is 32.9 Å². The lowest BCUT2D eigenvalue weighted by Gasteiger charge is -2.35. The zero-order valence-corrected chi connectivity index (χ0v) is 42.3. The molecule has 6 heterocycles. The molecular weight excluding hydrogens is 916 g/mol. The van der Waals surface area contributed by atoms with Crippen molar-refractivity contribution >= 4 is 57.7 Å². The second-order valence-electron chi connectivity index (χ2n) is 18.8. The average molecular weight is 974 g/mol. The summed E-state index contributed by atoms with van der Waals surface area (Å²) in [5, 5.41) is 21.1. The van der Waals surface area contributed by atoms with E-state index in [1.165, 1.54) is 0 Å². The number of thiazole rings is 1. The Hall–Kier alpha value is -5.99. The first-order valence-corrected chi connectivity index (χ1v) is 25.0. The smallest absolute Gasteiger partial charge is 0.246 e. The summed E-state index contributed by atoms with van der Waals surface area (Å²) in [5.74, 6) is 7.49. The van der Waals surface area contributed by atoms with Crippen LogP contribution in [0.25, 0.3) is 15.4 Å². The second kappa shape index (κ2) is 20.3. The number of nitrogens with zero attached hydrogens (tertiary/aromatic N) is 8. The van der Waals surface area contributed by atoms with Gasteiger partial charge in [-0.3, -0.25) is 28.6 Å². The van der Waals surface area contributed by atoms with Gasteiger partial charge in [0, 0.05) is 42.0 Å². The summed E-state index contributed by atoms with van der Waals surface area (Å²) in [6.07, 6.45) is 4.77. The van der Waals surface area contributed by atoms with Gasteiger partial charge in [0.2, 0.25) is 17.7 Å². The minimum atomic E-state index is -0.859. The zero-order chi connectivity index (χ0) is 48.4. The largest absolute Gasteiger partial charge is 0.372 e. The number of fused-ring (bicyclic) bond motifs is 3. The summed E-state index contributed by atoms with van der Waals surface area (Å²) in [4.78, 5) is 54.5. The van der Waals surface area contributed by atoms with Crippen molar-refractivity contribution in [3.8, 4) is 27.3 Å². The van der Waals surface area contributed by atoms with E-state index in [0.717, 1.165) is 71.2 Å². The lowest BCUT2D eigenvalue weighted by atomic mass is 9.85. The summed E-state index contributed by atoms with van der Waals surface area (Å²) in [6.45, 7) is 18.8. The first-order chi connectivity index (χ1) is 32.5. The highest BCUT2D eigenvalue weighted by molar-refractivity contribution is 7.15. The van der Waals surface area contributed by atoms with Crippen LogP contribution in [0.1, 0.15) is 117 Å². The number of aryl methyl sites for hydroxylation is 3. The summed E-state index contributed by atoms with van der Waals surface area (Å²) < 4.78 is 9.68. The maximum Gasteiger partial charge on any atom is 0.246 e. The monoisotopic (exact) mass is 972 g/mol. The number of halogens is 1. The SMILES string of the molecule is Cc1ncsc1-c1ccc(C(C)NC(=O)C2CC(C)CN2C(=O)C(NC(=O)COCCCn2cc(C#Cc3sc4c(c3C)C(c3ccc(Cl)cc3)=N[C@@H](C)c3nnc(C)n3-4)cn2)C(C)(C)C)cc1. The topological polar surface area (TPSA) is 162 Å². The average Bonchev–Trinajstić information content (AvgIpc) is 4.15. The first kappa shape index (κ1) is 48.5. The fraction of sp³-hybridized carbons (Fsp3) is 0.412. The number of amides is 3. The lowest BCUT2D eigenvalue weighted by Crippen LogP contribution is -2.58. The molecule has 0 bridgehead atoms. The third-order valence-corrected chi connectivity index (χ3v) is 14.8. The number of aromatic nitrogens is 6. The molecule has 1 saturated heterocycles. The molecule has 0 aliphatic carbocycles. The van der Waals surface area contributed by atoms with Crippen molar-refractivity contribution in [1.82, 2.24) is 45.1 Å². The van der Waals surface area contributed by atoms with Crippen LogP contribution in [-0.2, 0) is 25.7 Å². The number of thiophene rings is 1. The van der Waals surface area contributed by atoms with E-state index >= 15 is 0 Å². The highest BCUT2D eigenvalue weighted by atomic mass is 35.5. The molecule has 0 radical (unpaired) electrons. The van der Waals surface area contributed by atoms with Crippen molar-refractivity contribution in [1.29, 1.82) is 0 Å². The Morgan fingerprint density at radius 2 is 1.72 bits per heavy atom. The molecule has 3 amide bonds. The van der Waals surface area contributed by atoms with E-state index < -0.39 is 23.4 Å². The summed E-state index contributed by atoms with van der Waals surface area (Å²) >= 11 is 9.44. The van der Waals surface area contributed by atoms with Crippen LogP contribution in [-0.4, -0.2) is 89.7 Å². The van der Waals surface area contributed by atoms with Gasteiger partial charge in [0.1, 0.15) is 35.6 Å². The highest BCUT2D eigenvalue weighted by Gasteiger charge is 2.44. The van der Waals surface area contributed by atoms with Crippen LogP contribution < -0.4 is 10.6 Å². The molecule has 2 aliphatic rings. The van der Waals surface area contributed by atoms with Crippen LogP contribution in [0.15, 0.2) is 71.4 Å². The molecule has 0 spiro atoms. The molecule has 1 fully saturated rings. The van der Waals surface area contributed by atoms with Gasteiger partial charge in [0.15, 0.2) is 5.82 Å². The van der Waals surface area contributed by atoms with Gasteiger partial charge >= 0.3 is 0 Å². The molecule has 354 valence electrons. The Kier molecular flexibility index (Phi) is 14.5. The van der Waals surface area contributed by atoms with Gasteiger partial charge in [-0.25, -0.2) is 4.98 Å². The van der Waals surface area contributed by atoms with Crippen LogP contribution in [0.4, 0.5) is 0 Å². The number of carbonyl (C=O) groups is 3. The number of hydrogen-bond acceptors (Lipinski definition) is 11. The van der Waals surface area contributed by atoms with E-state index in [0.29, 0.717) is 37.6 Å². The number of benzene rings is 2. The molecule has 0 saturated carbocycles. The van der Waals surface area contributed by atoms with Gasteiger partial charge in [-0.2, -0.15) is 5.10 Å². The summed E-state index contributed by atoms with van der Waals surface area (Å²) in [6, 6.07) is 13.9. The molecule has 8 rings (SSSR count). The van der Waals surface area contributed by atoms with E-state index in [2.05, 4.69) is 54.2 Å². The fourth-order valence-corrected chi connectivity index (χ4v) is 10.9. The number of nitrogens with one attached hydrogen (secondary N) is 2. The Morgan fingerprint density at radius 1 is 0.985 bits per heavy atom. The molecule has 4 unspecified atom stereocenters. The van der Waals surface area contributed by atoms with Crippen LogP contribution >= 0.6 is 34.3 Å². The molecule has 2 N–H and O–H groups in total. The first-order valence-electron chi connectivity index (χ1n) is 22.9. The Bertz CT molecular complexity index is 2910. The third kappa shape index (κ3) is 10.5. The normalized spacial score (nSPS) is 17.6. The van der Waals surface area contributed by atoms with Crippen molar-refractivity contribution in [2.24, 2.45) is 16.3 Å². The maximum atomic E-state index is 14.2. The molecule has 5 atom stereocenters. The van der Waals surface area contributed by atoms with Crippen molar-refractivity contribution in [3.05, 3.63) is 121 Å². The Labute approximate surface area is 410 Å². The van der Waals surface area contributed by atoms with Crippen LogP contribution in [0.5, 0.6) is 0 Å². The molecule has 2 aliphatic heterocycles. The van der Waals surface area contributed by atoms with Crippen LogP contribution in [0.2, 0.25) is 5.02 Å². The molecule has 6 aromatic rings. The van der Waals surface area contributed by atoms with Crippen molar-refractivity contribution in [2.75, 3.05) is 19.8 Å². The van der Waals surface area contributed by atoms with E-state index in [9.17, 15) is 14.4 Å². The number of ether oxygens (including phenoxy) is 1. The second-order valence-corrected chi connectivity index (χ2v) is 21.1. The number of likely N-dealkylation sites (tertiary alicyclic amines) is 1. The quantitative estimate of drug-likeness (QED) is 0.0860. The molecule has 14 nitrogen and oxygen atoms in total. The minimum absolute atomic E-state index is 0.119. The summed E-state index contributed by atoms with van der Waals surface area (Å²) in [5.41, 5.74) is 8.86. The van der Waals surface area contributed by atoms with Gasteiger partial charge < -0.3 is 20.3 Å². The van der Waals surface area contributed by atoms with E-state index in [-0.39, 0.29) is 36.4 Å². The molecular formula is C51H57ClN10O4S2. The molecule has 4 aromatic heterocycles. The van der Waals surface area contributed by atoms with Gasteiger partial charge in [0.25, 0.3) is 0 Å². The Morgan fingerprint density at radius 3 is 2.43 bits per heavy atom. The van der Waals surface area contributed by atoms with Gasteiger partial charge in [-0.05, 0) is 87.6 Å². The molecule has 68 heavy (non-hydrogen) atoms. The maximum absolute atomic E-state index is 14.2. The predicted molar refractivity (Wildman–Crippen MR) is 267 cm³/mol. The fourth-order valence-electron chi connectivity index (χ4n) is 8.72. The number of hydrogen-bond donors (Lipinski definition) is 2. The zero-order valence-electron chi connectivity index (χ0n) is 39.9. The highest BCUT2D eigenvalue weighted by Crippen LogP contribution is 2.39. The minimum Gasteiger partial charge on any atom is -0.372 e. The van der Waals surface area contributed by atoms with Crippen molar-refractivity contribution < 1.29 is 19.1 Å². The lowest BCUT2D eigenvalue weighted by molar-refractivity contribution is -0.144. The van der Waals surface area contributed by atoms with E-state index in [4.69, 9.17) is 21.3 Å². The van der Waals surface area contributed by atoms with E-state index in [1.807, 2.05) is 120 Å². The van der Waals surface area contributed by atoms with Gasteiger partial charge in [-0.1, -0.05) is 87.5 Å². The van der Waals surface area contributed by atoms with Crippen LogP contribution in [0.3, 0.4) is 0 Å². The number of aliphatic imine (C=N–C) groups is 1.